The molecule has 12 heavy (non-hydrogen) atoms. The highest BCUT2D eigenvalue weighted by Crippen LogP contribution is 2.07. The average molecular weight is 171 g/mol. The molecule has 0 aliphatic rings. The van der Waals surface area contributed by atoms with Gasteiger partial charge in [-0.25, -0.2) is 8.78 Å². The van der Waals surface area contributed by atoms with Crippen LogP contribution in [0.25, 0.3) is 0 Å². The first-order chi connectivity index (χ1) is 5.58. The van der Waals surface area contributed by atoms with Crippen LogP contribution in [0.2, 0.25) is 0 Å². The lowest BCUT2D eigenvalue weighted by Gasteiger charge is -1.97. The van der Waals surface area contributed by atoms with Crippen LogP contribution in [0, 0.1) is 11.6 Å². The fourth-order valence-corrected chi connectivity index (χ4v) is 0.914. The fourth-order valence-electron chi connectivity index (χ4n) is 0.914. The zero-order valence-corrected chi connectivity index (χ0v) is 6.18. The van der Waals surface area contributed by atoms with Crippen LogP contribution in [0.5, 0.6) is 0 Å². The number of nitrogens with two attached hydrogens (primary N) is 1. The molecule has 2 N–H and O–H groups in total. The number of hydrogen-bond acceptors (Lipinski definition) is 1. The second kappa shape index (κ2) is 3.30. The van der Waals surface area contributed by atoms with E-state index in [-0.39, 0.29) is 12.0 Å². The molecular formula is C8H7F2NO. The van der Waals surface area contributed by atoms with E-state index < -0.39 is 17.5 Å². The van der Waals surface area contributed by atoms with Crippen LogP contribution in [-0.4, -0.2) is 5.91 Å². The Morgan fingerprint density at radius 1 is 1.25 bits per heavy atom. The van der Waals surface area contributed by atoms with Gasteiger partial charge >= 0.3 is 0 Å². The first kappa shape index (κ1) is 8.64. The summed E-state index contributed by atoms with van der Waals surface area (Å²) in [5.41, 5.74) is 5.09. The summed E-state index contributed by atoms with van der Waals surface area (Å²) in [5, 5.41) is 0. The molecule has 0 spiro atoms. The maximum Gasteiger partial charge on any atom is 0.221 e. The van der Waals surface area contributed by atoms with Gasteiger partial charge in [-0.2, -0.15) is 0 Å². The van der Waals surface area contributed by atoms with Crippen molar-refractivity contribution in [1.29, 1.82) is 0 Å². The van der Waals surface area contributed by atoms with E-state index in [1.165, 1.54) is 0 Å². The van der Waals surface area contributed by atoms with Crippen LogP contribution < -0.4 is 5.73 Å². The third-order valence-corrected chi connectivity index (χ3v) is 1.30. The second-order valence-electron chi connectivity index (χ2n) is 2.42. The SMILES string of the molecule is NC(=O)Cc1cc(F)cc(F)c1. The topological polar surface area (TPSA) is 43.1 Å². The van der Waals surface area contributed by atoms with Crippen molar-refractivity contribution >= 4 is 5.91 Å². The van der Waals surface area contributed by atoms with Gasteiger partial charge in [-0.15, -0.1) is 0 Å². The van der Waals surface area contributed by atoms with Gasteiger partial charge in [0, 0.05) is 6.07 Å². The Hall–Kier alpha value is -1.45. The molecular weight excluding hydrogens is 164 g/mol. The van der Waals surface area contributed by atoms with Crippen molar-refractivity contribution in [2.45, 2.75) is 6.42 Å². The summed E-state index contributed by atoms with van der Waals surface area (Å²) in [7, 11) is 0. The summed E-state index contributed by atoms with van der Waals surface area (Å²) in [6.45, 7) is 0. The van der Waals surface area contributed by atoms with E-state index in [4.69, 9.17) is 5.73 Å². The Kier molecular flexibility index (Phi) is 2.38. The van der Waals surface area contributed by atoms with Crippen LogP contribution in [0.4, 0.5) is 8.78 Å². The molecule has 0 aliphatic carbocycles. The molecule has 1 rings (SSSR count). The standard InChI is InChI=1S/C8H7F2NO/c9-6-1-5(3-8(11)12)2-7(10)4-6/h1-2,4H,3H2,(H2,11,12). The van der Waals surface area contributed by atoms with Crippen molar-refractivity contribution in [2.24, 2.45) is 5.73 Å². The number of primary amides is 1. The number of benzene rings is 1. The predicted octanol–water partition coefficient (Wildman–Crippen LogP) is 0.993. The van der Waals surface area contributed by atoms with E-state index in [9.17, 15) is 13.6 Å². The van der Waals surface area contributed by atoms with E-state index in [2.05, 4.69) is 0 Å². The Morgan fingerprint density at radius 3 is 2.17 bits per heavy atom. The molecule has 64 valence electrons. The van der Waals surface area contributed by atoms with E-state index >= 15 is 0 Å². The lowest BCUT2D eigenvalue weighted by atomic mass is 10.1. The quantitative estimate of drug-likeness (QED) is 0.708. The van der Waals surface area contributed by atoms with Crippen LogP contribution in [0.1, 0.15) is 5.56 Å². The minimum atomic E-state index is -0.703. The fraction of sp³-hybridized carbons (Fsp3) is 0.125. The van der Waals surface area contributed by atoms with E-state index in [1.807, 2.05) is 0 Å². The van der Waals surface area contributed by atoms with Gasteiger partial charge in [0.1, 0.15) is 11.6 Å². The number of amides is 1. The van der Waals surface area contributed by atoms with E-state index in [0.29, 0.717) is 0 Å². The number of halogens is 2. The van der Waals surface area contributed by atoms with Crippen molar-refractivity contribution in [1.82, 2.24) is 0 Å². The molecule has 0 saturated carbocycles. The molecule has 0 heterocycles. The molecule has 0 aromatic heterocycles. The van der Waals surface area contributed by atoms with Gasteiger partial charge in [0.05, 0.1) is 6.42 Å². The van der Waals surface area contributed by atoms with Crippen LogP contribution in [0.15, 0.2) is 18.2 Å². The lowest BCUT2D eigenvalue weighted by molar-refractivity contribution is -0.117. The summed E-state index contributed by atoms with van der Waals surface area (Å²) >= 11 is 0. The Bertz CT molecular complexity index is 292. The average Bonchev–Trinajstić information content (AvgIpc) is 1.81. The maximum atomic E-state index is 12.5. The van der Waals surface area contributed by atoms with Crippen LogP contribution in [0.3, 0.4) is 0 Å². The molecule has 0 bridgehead atoms. The van der Waals surface area contributed by atoms with Crippen LogP contribution in [-0.2, 0) is 11.2 Å². The molecule has 4 heteroatoms. The van der Waals surface area contributed by atoms with Gasteiger partial charge in [-0.05, 0) is 17.7 Å². The van der Waals surface area contributed by atoms with Crippen molar-refractivity contribution < 1.29 is 13.6 Å². The molecule has 0 atom stereocenters. The minimum Gasteiger partial charge on any atom is -0.369 e. The molecule has 1 aromatic rings. The highest BCUT2D eigenvalue weighted by molar-refractivity contribution is 5.76. The molecule has 0 fully saturated rings. The van der Waals surface area contributed by atoms with Crippen molar-refractivity contribution in [2.75, 3.05) is 0 Å². The molecule has 1 aromatic carbocycles. The molecule has 0 unspecified atom stereocenters. The third kappa shape index (κ3) is 2.30. The molecule has 0 radical (unpaired) electrons. The van der Waals surface area contributed by atoms with Gasteiger partial charge in [0.25, 0.3) is 0 Å². The highest BCUT2D eigenvalue weighted by Gasteiger charge is 2.02. The number of carbonyl (C=O) groups is 1. The van der Waals surface area contributed by atoms with Gasteiger partial charge in [0.2, 0.25) is 5.91 Å². The van der Waals surface area contributed by atoms with Gasteiger partial charge in [-0.3, -0.25) is 4.79 Å². The third-order valence-electron chi connectivity index (χ3n) is 1.30. The Morgan fingerprint density at radius 2 is 1.75 bits per heavy atom. The minimum absolute atomic E-state index is 0.144. The zero-order valence-electron chi connectivity index (χ0n) is 6.18. The smallest absolute Gasteiger partial charge is 0.221 e. The number of hydrogen-bond donors (Lipinski definition) is 1. The first-order valence-electron chi connectivity index (χ1n) is 3.31. The van der Waals surface area contributed by atoms with E-state index in [0.717, 1.165) is 18.2 Å². The normalized spacial score (nSPS) is 9.83. The van der Waals surface area contributed by atoms with Gasteiger partial charge in [-0.1, -0.05) is 0 Å². The van der Waals surface area contributed by atoms with Crippen molar-refractivity contribution in [3.05, 3.63) is 35.4 Å². The van der Waals surface area contributed by atoms with Gasteiger partial charge in [0.15, 0.2) is 0 Å². The Balaban J connectivity index is 2.93. The summed E-state index contributed by atoms with van der Waals surface area (Å²) in [4.78, 5) is 10.4. The Labute approximate surface area is 68.0 Å². The summed E-state index contributed by atoms with van der Waals surface area (Å²) in [5.74, 6) is -2.02. The summed E-state index contributed by atoms with van der Waals surface area (Å²) in [6.07, 6.45) is -0.144. The van der Waals surface area contributed by atoms with Crippen LogP contribution >= 0.6 is 0 Å². The maximum absolute atomic E-state index is 12.5. The predicted molar refractivity (Wildman–Crippen MR) is 39.3 cm³/mol. The largest absolute Gasteiger partial charge is 0.369 e. The van der Waals surface area contributed by atoms with Crippen molar-refractivity contribution in [3.8, 4) is 0 Å². The zero-order chi connectivity index (χ0) is 9.14. The molecule has 0 saturated heterocycles. The molecule has 2 nitrogen and oxygen atoms in total. The first-order valence-corrected chi connectivity index (χ1v) is 3.31. The molecule has 1 amide bonds. The highest BCUT2D eigenvalue weighted by atomic mass is 19.1. The van der Waals surface area contributed by atoms with Crippen molar-refractivity contribution in [3.63, 3.8) is 0 Å². The number of carbonyl (C=O) groups excluding carboxylic acids is 1. The molecule has 0 aliphatic heterocycles. The van der Waals surface area contributed by atoms with E-state index in [1.54, 1.807) is 0 Å². The second-order valence-corrected chi connectivity index (χ2v) is 2.42. The summed E-state index contributed by atoms with van der Waals surface area (Å²) in [6, 6.07) is 2.90. The summed E-state index contributed by atoms with van der Waals surface area (Å²) < 4.78 is 25.0. The number of rotatable bonds is 2. The van der Waals surface area contributed by atoms with Gasteiger partial charge < -0.3 is 5.73 Å². The lowest BCUT2D eigenvalue weighted by Crippen LogP contribution is -2.13. The monoisotopic (exact) mass is 171 g/mol.